The first-order valence-electron chi connectivity index (χ1n) is 19.7. The number of urea groups is 1. The van der Waals surface area contributed by atoms with Crippen LogP contribution in [0.5, 0.6) is 0 Å². The number of hydrogen-bond acceptors (Lipinski definition) is 7. The number of nitrogens with zero attached hydrogens (tertiary/aromatic N) is 2. The Morgan fingerprint density at radius 3 is 2.13 bits per heavy atom. The van der Waals surface area contributed by atoms with Crippen LogP contribution >= 0.6 is 0 Å². The van der Waals surface area contributed by atoms with Crippen molar-refractivity contribution in [3.05, 3.63) is 25.3 Å². The van der Waals surface area contributed by atoms with Crippen LogP contribution in [0.4, 0.5) is 4.79 Å². The van der Waals surface area contributed by atoms with Crippen LogP contribution in [0.15, 0.2) is 25.3 Å². The van der Waals surface area contributed by atoms with Gasteiger partial charge in [0.1, 0.15) is 12.1 Å². The highest BCUT2D eigenvalue weighted by Crippen LogP contribution is 2.40. The maximum atomic E-state index is 14.6. The molecule has 3 saturated heterocycles. The summed E-state index contributed by atoms with van der Waals surface area (Å²) >= 11 is 0. The summed E-state index contributed by atoms with van der Waals surface area (Å²) < 4.78 is 0. The van der Waals surface area contributed by atoms with E-state index in [-0.39, 0.29) is 62.5 Å². The van der Waals surface area contributed by atoms with Gasteiger partial charge in [-0.3, -0.25) is 33.7 Å². The second kappa shape index (κ2) is 18.5. The molecule has 0 saturated carbocycles. The van der Waals surface area contributed by atoms with Gasteiger partial charge in [-0.05, 0) is 47.3 Å². The Bertz CT molecular complexity index is 1430. The topological polar surface area (TPSA) is 174 Å². The highest BCUT2D eigenvalue weighted by Gasteiger charge is 2.49. The number of hydrogen-bond donors (Lipinski definition) is 4. The largest absolute Gasteiger partial charge is 0.346 e. The zero-order valence-corrected chi connectivity index (χ0v) is 34.0. The molecule has 0 aromatic carbocycles. The molecule has 0 spiro atoms. The number of ketones is 1. The lowest BCUT2D eigenvalue weighted by atomic mass is 9.74. The number of piperidine rings is 1. The number of Topliss-reactive ketones (excluding diaryl/α,β-unsaturated/α-hetero) is 1. The van der Waals surface area contributed by atoms with Crippen LogP contribution in [0.25, 0.3) is 0 Å². The molecule has 0 bridgehead atoms. The van der Waals surface area contributed by atoms with E-state index < -0.39 is 69.9 Å². The van der Waals surface area contributed by atoms with E-state index in [9.17, 15) is 33.6 Å². The highest BCUT2D eigenvalue weighted by atomic mass is 16.2. The number of carbonyl (C=O) groups excluding carboxylic acids is 7. The van der Waals surface area contributed by atoms with Gasteiger partial charge in [0.25, 0.3) is 5.91 Å². The van der Waals surface area contributed by atoms with E-state index in [1.807, 2.05) is 55.4 Å². The molecule has 3 rings (SSSR count). The Hall–Kier alpha value is -4.03. The van der Waals surface area contributed by atoms with E-state index in [2.05, 4.69) is 34.4 Å². The number of fused-ring (bicyclic) bond motifs is 1. The van der Waals surface area contributed by atoms with Crippen LogP contribution < -0.4 is 21.3 Å². The molecule has 3 aliphatic rings. The first-order valence-corrected chi connectivity index (χ1v) is 19.7. The number of amides is 7. The van der Waals surface area contributed by atoms with Gasteiger partial charge in [-0.2, -0.15) is 0 Å². The molecule has 54 heavy (non-hydrogen) atoms. The molecule has 6 atom stereocenters. The fourth-order valence-corrected chi connectivity index (χ4v) is 7.86. The highest BCUT2D eigenvalue weighted by molar-refractivity contribution is 6.38. The number of nitrogens with one attached hydrogen (secondary N) is 4. The molecule has 0 aromatic heterocycles. The van der Waals surface area contributed by atoms with Crippen LogP contribution in [-0.4, -0.2) is 95.0 Å². The Kier molecular flexibility index (Phi) is 15.2. The fraction of sp³-hybridized carbons (Fsp3) is 0.732. The summed E-state index contributed by atoms with van der Waals surface area (Å²) in [6.07, 6.45) is 8.73. The van der Waals surface area contributed by atoms with Crippen molar-refractivity contribution >= 4 is 41.4 Å². The molecule has 302 valence electrons. The predicted octanol–water partition coefficient (Wildman–Crippen LogP) is 4.41. The molecule has 3 heterocycles. The second-order valence-corrected chi connectivity index (χ2v) is 18.2. The molecule has 13 heteroatoms. The summed E-state index contributed by atoms with van der Waals surface area (Å²) in [4.78, 5) is 97.8. The van der Waals surface area contributed by atoms with Crippen molar-refractivity contribution in [2.45, 2.75) is 144 Å². The summed E-state index contributed by atoms with van der Waals surface area (Å²) in [7, 11) is 0. The summed E-state index contributed by atoms with van der Waals surface area (Å²) in [5.74, 6) is -3.40. The zero-order valence-electron chi connectivity index (χ0n) is 34.0. The zero-order chi connectivity index (χ0) is 40.6. The van der Waals surface area contributed by atoms with Gasteiger partial charge >= 0.3 is 6.03 Å². The minimum atomic E-state index is -1.09. The summed E-state index contributed by atoms with van der Waals surface area (Å²) in [6.45, 7) is 23.3. The number of rotatable bonds is 10. The number of allylic oxidation sites excluding steroid dienone is 1. The minimum absolute atomic E-state index is 0.000111. The van der Waals surface area contributed by atoms with Gasteiger partial charge in [0.15, 0.2) is 0 Å². The van der Waals surface area contributed by atoms with Gasteiger partial charge in [0.05, 0.1) is 12.1 Å². The van der Waals surface area contributed by atoms with Crippen molar-refractivity contribution in [2.24, 2.45) is 28.1 Å². The van der Waals surface area contributed by atoms with Crippen LogP contribution in [0.2, 0.25) is 0 Å². The Morgan fingerprint density at radius 2 is 1.56 bits per heavy atom. The summed E-state index contributed by atoms with van der Waals surface area (Å²) in [5.41, 5.74) is -1.56. The van der Waals surface area contributed by atoms with Crippen molar-refractivity contribution in [1.29, 1.82) is 0 Å². The molecule has 3 aliphatic heterocycles. The molecule has 1 unspecified atom stereocenters. The first-order chi connectivity index (χ1) is 25.1. The average molecular weight is 755 g/mol. The van der Waals surface area contributed by atoms with Gasteiger partial charge in [0, 0.05) is 32.5 Å². The van der Waals surface area contributed by atoms with Crippen molar-refractivity contribution in [3.63, 3.8) is 0 Å². The third kappa shape index (κ3) is 11.7. The quantitative estimate of drug-likeness (QED) is 0.145. The molecule has 3 fully saturated rings. The second-order valence-electron chi connectivity index (χ2n) is 18.2. The van der Waals surface area contributed by atoms with Crippen LogP contribution in [0.3, 0.4) is 0 Å². The van der Waals surface area contributed by atoms with Crippen molar-refractivity contribution < 1.29 is 33.6 Å². The van der Waals surface area contributed by atoms with Gasteiger partial charge in [0.2, 0.25) is 29.4 Å². The van der Waals surface area contributed by atoms with Gasteiger partial charge in [-0.25, -0.2) is 4.79 Å². The molecular weight excluding hydrogens is 688 g/mol. The Labute approximate surface area is 322 Å². The van der Waals surface area contributed by atoms with Crippen LogP contribution in [-0.2, 0) is 28.8 Å². The first kappa shape index (κ1) is 44.4. The average Bonchev–Trinajstić information content (AvgIpc) is 3.53. The number of carbonyl (C=O) groups is 7. The Morgan fingerprint density at radius 1 is 0.944 bits per heavy atom. The molecule has 13 nitrogen and oxygen atoms in total. The van der Waals surface area contributed by atoms with E-state index in [0.29, 0.717) is 19.3 Å². The number of likely N-dealkylation sites (tertiary alicyclic amines) is 1. The molecular formula is C41H66N6O7. The Balaban J connectivity index is 1.94. The maximum absolute atomic E-state index is 14.6. The van der Waals surface area contributed by atoms with Crippen LogP contribution in [0, 0.1) is 28.1 Å². The summed E-state index contributed by atoms with van der Waals surface area (Å²) in [6, 6.07) is -4.29. The van der Waals surface area contributed by atoms with Crippen molar-refractivity contribution in [2.75, 3.05) is 19.6 Å². The van der Waals surface area contributed by atoms with Crippen molar-refractivity contribution in [3.8, 4) is 0 Å². The fourth-order valence-electron chi connectivity index (χ4n) is 7.86. The van der Waals surface area contributed by atoms with E-state index in [1.54, 1.807) is 6.08 Å². The third-order valence-corrected chi connectivity index (χ3v) is 11.5. The molecule has 4 N–H and O–H groups in total. The van der Waals surface area contributed by atoms with Gasteiger partial charge in [-0.1, -0.05) is 99.6 Å². The predicted molar refractivity (Wildman–Crippen MR) is 208 cm³/mol. The lowest BCUT2D eigenvalue weighted by Crippen LogP contribution is -2.61. The molecule has 0 radical (unpaired) electrons. The third-order valence-electron chi connectivity index (χ3n) is 11.5. The van der Waals surface area contributed by atoms with E-state index >= 15 is 0 Å². The smallest absolute Gasteiger partial charge is 0.315 e. The van der Waals surface area contributed by atoms with E-state index in [4.69, 9.17) is 0 Å². The molecule has 7 amide bonds. The van der Waals surface area contributed by atoms with Gasteiger partial charge in [-0.15, -0.1) is 13.2 Å². The summed E-state index contributed by atoms with van der Waals surface area (Å²) in [5, 5.41) is 11.3. The molecule has 0 aromatic rings. The lowest BCUT2D eigenvalue weighted by molar-refractivity contribution is -0.153. The van der Waals surface area contributed by atoms with Crippen LogP contribution in [0.1, 0.15) is 120 Å². The standard InChI is InChI=1S/C41H66N6O7/c1-11-20-42-36(52)34(50)29-22-26(3)17-15-13-14-16-18-28(37(53)46-21-19-27(41(9,10)12-2)33(46)35(51)43-29)44-38(54)45-30(39(4,5)6)25-47-31(48)23-40(7,8)24-32(47)49/h11-12,26-30,33H,1-2,13-25H2,3-10H3,(H,42,52)(H,43,51)(H2,44,45,54)/t26?,27-,28-,29-,30+,33-/m0/s1. The monoisotopic (exact) mass is 754 g/mol. The lowest BCUT2D eigenvalue weighted by Gasteiger charge is -2.40. The maximum Gasteiger partial charge on any atom is 0.315 e. The van der Waals surface area contributed by atoms with Crippen molar-refractivity contribution in [1.82, 2.24) is 31.1 Å². The SMILES string of the molecule is C=CCNC(=O)C(=O)[C@@H]1CC(C)CCCCCC[C@H](NC(=O)N[C@H](CN2C(=O)CC(C)(C)CC2=O)C(C)(C)C)C(=O)N2CC[C@H](C(C)(C)C=C)[C@H]2C(=O)N1. The van der Waals surface area contributed by atoms with Gasteiger partial charge < -0.3 is 26.2 Å². The molecule has 0 aliphatic carbocycles. The minimum Gasteiger partial charge on any atom is -0.346 e. The van der Waals surface area contributed by atoms with E-state index in [0.717, 1.165) is 25.7 Å². The van der Waals surface area contributed by atoms with E-state index in [1.165, 1.54) is 15.9 Å². The normalized spacial score (nSPS) is 26.7. The number of imide groups is 1.